The number of rotatable bonds is 7. The van der Waals surface area contributed by atoms with Crippen LogP contribution < -0.4 is 10.1 Å². The predicted molar refractivity (Wildman–Crippen MR) is 114 cm³/mol. The lowest BCUT2D eigenvalue weighted by atomic mass is 9.97. The molecule has 1 amide bonds. The van der Waals surface area contributed by atoms with E-state index in [1.165, 1.54) is 34.0 Å². The first-order chi connectivity index (χ1) is 15.1. The summed E-state index contributed by atoms with van der Waals surface area (Å²) in [5.41, 5.74) is 1.40. The number of alkyl halides is 3. The van der Waals surface area contributed by atoms with E-state index < -0.39 is 16.4 Å². The zero-order valence-corrected chi connectivity index (χ0v) is 17.9. The zero-order valence-electron chi connectivity index (χ0n) is 17.1. The Balaban J connectivity index is 1.46. The Morgan fingerprint density at radius 1 is 1.06 bits per heavy atom. The van der Waals surface area contributed by atoms with Crippen molar-refractivity contribution in [3.8, 4) is 5.75 Å². The largest absolute Gasteiger partial charge is 0.573 e. The van der Waals surface area contributed by atoms with Gasteiger partial charge in [-0.2, -0.15) is 4.31 Å². The molecule has 1 heterocycles. The summed E-state index contributed by atoms with van der Waals surface area (Å²) in [6.45, 7) is 0.634. The number of hydrogen-bond donors (Lipinski definition) is 1. The molecule has 3 rings (SSSR count). The molecular formula is C22H23F3N2O4S. The molecule has 1 N–H and O–H groups in total. The third-order valence-electron chi connectivity index (χ3n) is 5.04. The van der Waals surface area contributed by atoms with Crippen molar-refractivity contribution in [3.05, 3.63) is 71.1 Å². The van der Waals surface area contributed by atoms with E-state index in [-0.39, 0.29) is 37.2 Å². The Labute approximate surface area is 184 Å². The van der Waals surface area contributed by atoms with Crippen molar-refractivity contribution < 1.29 is 31.1 Å². The average Bonchev–Trinajstić information content (AvgIpc) is 2.77. The topological polar surface area (TPSA) is 75.7 Å². The minimum atomic E-state index is -4.75. The molecule has 2 aromatic carbocycles. The van der Waals surface area contributed by atoms with Gasteiger partial charge < -0.3 is 10.1 Å². The summed E-state index contributed by atoms with van der Waals surface area (Å²) in [5.74, 6) is -0.868. The van der Waals surface area contributed by atoms with Crippen molar-refractivity contribution >= 4 is 22.0 Å². The fraction of sp³-hybridized carbons (Fsp3) is 0.318. The van der Waals surface area contributed by atoms with Crippen LogP contribution in [0.25, 0.3) is 6.08 Å². The van der Waals surface area contributed by atoms with Crippen LogP contribution in [0.4, 0.5) is 13.2 Å². The molecule has 1 fully saturated rings. The van der Waals surface area contributed by atoms with E-state index in [2.05, 4.69) is 10.1 Å². The van der Waals surface area contributed by atoms with Crippen molar-refractivity contribution in [1.29, 1.82) is 0 Å². The van der Waals surface area contributed by atoms with E-state index in [1.54, 1.807) is 18.2 Å². The molecule has 1 aliphatic heterocycles. The van der Waals surface area contributed by atoms with Gasteiger partial charge in [0.1, 0.15) is 5.75 Å². The minimum Gasteiger partial charge on any atom is -0.406 e. The Bertz CT molecular complexity index is 1030. The van der Waals surface area contributed by atoms with Crippen molar-refractivity contribution in [2.24, 2.45) is 5.92 Å². The van der Waals surface area contributed by atoms with Gasteiger partial charge in [0.2, 0.25) is 15.9 Å². The SMILES string of the molecule is O=C(NCc1ccc(OC(F)(F)F)cc1)C1CCN(S(=O)(=O)/C=C/c2ccccc2)CC1. The third-order valence-corrected chi connectivity index (χ3v) is 6.61. The number of piperidine rings is 1. The van der Waals surface area contributed by atoms with Crippen LogP contribution in [0.2, 0.25) is 0 Å². The first-order valence-electron chi connectivity index (χ1n) is 9.98. The zero-order chi connectivity index (χ0) is 23.2. The van der Waals surface area contributed by atoms with Crippen LogP contribution in [0.1, 0.15) is 24.0 Å². The van der Waals surface area contributed by atoms with Crippen molar-refractivity contribution in [2.75, 3.05) is 13.1 Å². The predicted octanol–water partition coefficient (Wildman–Crippen LogP) is 3.91. The number of nitrogens with zero attached hydrogens (tertiary/aromatic N) is 1. The smallest absolute Gasteiger partial charge is 0.406 e. The summed E-state index contributed by atoms with van der Waals surface area (Å²) in [6.07, 6.45) is -2.43. The van der Waals surface area contributed by atoms with Crippen molar-refractivity contribution in [2.45, 2.75) is 25.7 Å². The van der Waals surface area contributed by atoms with E-state index in [1.807, 2.05) is 18.2 Å². The maximum atomic E-state index is 12.5. The molecule has 1 saturated heterocycles. The van der Waals surface area contributed by atoms with E-state index in [4.69, 9.17) is 0 Å². The first-order valence-corrected chi connectivity index (χ1v) is 11.5. The molecule has 0 spiro atoms. The number of halogens is 3. The molecule has 0 aliphatic carbocycles. The number of ether oxygens (including phenoxy) is 1. The highest BCUT2D eigenvalue weighted by atomic mass is 32.2. The van der Waals surface area contributed by atoms with E-state index in [0.29, 0.717) is 18.4 Å². The highest BCUT2D eigenvalue weighted by Crippen LogP contribution is 2.23. The molecule has 6 nitrogen and oxygen atoms in total. The Kier molecular flexibility index (Phi) is 7.57. The normalized spacial score (nSPS) is 16.2. The fourth-order valence-corrected chi connectivity index (χ4v) is 4.55. The summed E-state index contributed by atoms with van der Waals surface area (Å²) in [7, 11) is -3.57. The molecule has 0 bridgehead atoms. The maximum absolute atomic E-state index is 12.5. The van der Waals surface area contributed by atoms with Gasteiger partial charge in [0.15, 0.2) is 0 Å². The van der Waals surface area contributed by atoms with Crippen LogP contribution in [0, 0.1) is 5.92 Å². The Hall–Kier alpha value is -2.85. The standard InChI is InChI=1S/C22H23F3N2O4S/c23-22(24,25)31-20-8-6-18(7-9-20)16-26-21(28)19-10-13-27(14-11-19)32(29,30)15-12-17-4-2-1-3-5-17/h1-9,12,15,19H,10-11,13-14,16H2,(H,26,28)/b15-12+. The number of amides is 1. The molecule has 172 valence electrons. The van der Waals surface area contributed by atoms with Gasteiger partial charge in [-0.1, -0.05) is 42.5 Å². The molecular weight excluding hydrogens is 445 g/mol. The van der Waals surface area contributed by atoms with Crippen LogP contribution in [-0.4, -0.2) is 38.1 Å². The number of carbonyl (C=O) groups excluding carboxylic acids is 1. The number of benzene rings is 2. The monoisotopic (exact) mass is 468 g/mol. The molecule has 32 heavy (non-hydrogen) atoms. The van der Waals surface area contributed by atoms with E-state index in [9.17, 15) is 26.4 Å². The van der Waals surface area contributed by atoms with Crippen molar-refractivity contribution in [3.63, 3.8) is 0 Å². The lowest BCUT2D eigenvalue weighted by Gasteiger charge is -2.29. The molecule has 0 radical (unpaired) electrons. The minimum absolute atomic E-state index is 0.156. The summed E-state index contributed by atoms with van der Waals surface area (Å²) in [4.78, 5) is 12.4. The van der Waals surface area contributed by atoms with Gasteiger partial charge in [0.25, 0.3) is 0 Å². The van der Waals surface area contributed by atoms with Gasteiger partial charge >= 0.3 is 6.36 Å². The number of nitrogens with one attached hydrogen (secondary N) is 1. The summed E-state index contributed by atoms with van der Waals surface area (Å²) < 4.78 is 66.8. The van der Waals surface area contributed by atoms with Gasteiger partial charge in [-0.25, -0.2) is 8.42 Å². The second-order valence-corrected chi connectivity index (χ2v) is 9.16. The van der Waals surface area contributed by atoms with Crippen LogP contribution in [0.5, 0.6) is 5.75 Å². The second kappa shape index (κ2) is 10.2. The van der Waals surface area contributed by atoms with Crippen LogP contribution in [0.15, 0.2) is 60.0 Å². The number of sulfonamides is 1. The van der Waals surface area contributed by atoms with Gasteiger partial charge in [-0.15, -0.1) is 13.2 Å². The third kappa shape index (κ3) is 7.10. The quantitative estimate of drug-likeness (QED) is 0.669. The summed E-state index contributed by atoms with van der Waals surface area (Å²) in [5, 5.41) is 3.93. The van der Waals surface area contributed by atoms with Crippen molar-refractivity contribution in [1.82, 2.24) is 9.62 Å². The highest BCUT2D eigenvalue weighted by Gasteiger charge is 2.31. The van der Waals surface area contributed by atoms with Crippen LogP contribution in [-0.2, 0) is 21.4 Å². The maximum Gasteiger partial charge on any atom is 0.573 e. The van der Waals surface area contributed by atoms with E-state index in [0.717, 1.165) is 5.56 Å². The van der Waals surface area contributed by atoms with Gasteiger partial charge in [0.05, 0.1) is 0 Å². The fourth-order valence-electron chi connectivity index (χ4n) is 3.33. The highest BCUT2D eigenvalue weighted by molar-refractivity contribution is 7.92. The molecule has 10 heteroatoms. The summed E-state index contributed by atoms with van der Waals surface area (Å²) in [6, 6.07) is 14.3. The van der Waals surface area contributed by atoms with Gasteiger partial charge in [0, 0.05) is 31.0 Å². The number of carbonyl (C=O) groups is 1. The Morgan fingerprint density at radius 3 is 2.28 bits per heavy atom. The van der Waals surface area contributed by atoms with E-state index >= 15 is 0 Å². The lowest BCUT2D eigenvalue weighted by molar-refractivity contribution is -0.274. The van der Waals surface area contributed by atoms with Crippen LogP contribution >= 0.6 is 0 Å². The molecule has 0 saturated carbocycles. The van der Waals surface area contributed by atoms with Gasteiger partial charge in [-0.05, 0) is 42.2 Å². The molecule has 2 aromatic rings. The molecule has 1 aliphatic rings. The molecule has 0 aromatic heterocycles. The lowest BCUT2D eigenvalue weighted by Crippen LogP contribution is -2.42. The second-order valence-electron chi connectivity index (χ2n) is 7.34. The summed E-state index contributed by atoms with van der Waals surface area (Å²) >= 11 is 0. The van der Waals surface area contributed by atoms with Crippen LogP contribution in [0.3, 0.4) is 0 Å². The first kappa shape index (κ1) is 23.8. The molecule has 0 unspecified atom stereocenters. The molecule has 0 atom stereocenters. The Morgan fingerprint density at radius 2 is 1.69 bits per heavy atom. The number of hydrogen-bond acceptors (Lipinski definition) is 4. The van der Waals surface area contributed by atoms with Gasteiger partial charge in [-0.3, -0.25) is 4.79 Å². The average molecular weight is 468 g/mol.